The van der Waals surface area contributed by atoms with Crippen LogP contribution >= 0.6 is 11.3 Å². The van der Waals surface area contributed by atoms with E-state index in [0.29, 0.717) is 5.56 Å². The summed E-state index contributed by atoms with van der Waals surface area (Å²) in [5.74, 6) is 0. The van der Waals surface area contributed by atoms with Crippen molar-refractivity contribution in [1.82, 2.24) is 4.98 Å². The van der Waals surface area contributed by atoms with Gasteiger partial charge in [-0.05, 0) is 26.3 Å². The van der Waals surface area contributed by atoms with E-state index in [4.69, 9.17) is 0 Å². The molecule has 0 amide bonds. The zero-order valence-corrected chi connectivity index (χ0v) is 12.5. The second kappa shape index (κ2) is 6.00. The summed E-state index contributed by atoms with van der Waals surface area (Å²) in [6.45, 7) is 5.84. The Balaban J connectivity index is 2.17. The number of hydrogen-bond donors (Lipinski definition) is 1. The first kappa shape index (κ1) is 14.5. The van der Waals surface area contributed by atoms with E-state index in [2.05, 4.69) is 17.2 Å². The lowest BCUT2D eigenvalue weighted by Gasteiger charge is -2.13. The number of nitrogens with zero attached hydrogens (tertiary/aromatic N) is 2. The minimum atomic E-state index is -0.357. The van der Waals surface area contributed by atoms with E-state index < -0.39 is 0 Å². The van der Waals surface area contributed by atoms with Crippen LogP contribution in [0, 0.1) is 17.0 Å². The van der Waals surface area contributed by atoms with Crippen LogP contribution in [0.3, 0.4) is 0 Å². The standard InChI is InChI=1S/C14H17N3O2S/c1-4-12-8-15-14(20-12)10(3)16-11-6-5-9(2)13(7-11)17(18)19/h5-8,10,16H,4H2,1-3H3. The topological polar surface area (TPSA) is 68.1 Å². The van der Waals surface area contributed by atoms with Crippen LogP contribution in [0.25, 0.3) is 0 Å². The lowest BCUT2D eigenvalue weighted by atomic mass is 10.1. The maximum atomic E-state index is 10.9. The third-order valence-corrected chi connectivity index (χ3v) is 4.40. The van der Waals surface area contributed by atoms with Gasteiger partial charge in [-0.2, -0.15) is 0 Å². The molecular weight excluding hydrogens is 274 g/mol. The molecule has 0 bridgehead atoms. The number of nitrogens with one attached hydrogen (secondary N) is 1. The molecular formula is C14H17N3O2S. The van der Waals surface area contributed by atoms with Crippen LogP contribution in [0.1, 0.15) is 35.3 Å². The van der Waals surface area contributed by atoms with Gasteiger partial charge in [0.1, 0.15) is 5.01 Å². The van der Waals surface area contributed by atoms with Gasteiger partial charge in [0.05, 0.1) is 11.0 Å². The van der Waals surface area contributed by atoms with Crippen molar-refractivity contribution in [2.75, 3.05) is 5.32 Å². The summed E-state index contributed by atoms with van der Waals surface area (Å²) >= 11 is 1.67. The Morgan fingerprint density at radius 1 is 1.50 bits per heavy atom. The number of aryl methyl sites for hydroxylation is 2. The van der Waals surface area contributed by atoms with Crippen LogP contribution in [0.15, 0.2) is 24.4 Å². The lowest BCUT2D eigenvalue weighted by Crippen LogP contribution is -2.06. The summed E-state index contributed by atoms with van der Waals surface area (Å²) in [4.78, 5) is 16.2. The third-order valence-electron chi connectivity index (χ3n) is 3.08. The van der Waals surface area contributed by atoms with Gasteiger partial charge in [0.15, 0.2) is 0 Å². The average Bonchev–Trinajstić information content (AvgIpc) is 2.89. The first-order valence-corrected chi connectivity index (χ1v) is 7.29. The molecule has 1 aromatic heterocycles. The molecule has 1 atom stereocenters. The summed E-state index contributed by atoms with van der Waals surface area (Å²) in [5, 5.41) is 15.2. The maximum absolute atomic E-state index is 10.9. The molecule has 2 aromatic rings. The first-order valence-electron chi connectivity index (χ1n) is 6.47. The molecule has 0 saturated heterocycles. The number of hydrogen-bond acceptors (Lipinski definition) is 5. The molecule has 0 aliphatic heterocycles. The van der Waals surface area contributed by atoms with Crippen molar-refractivity contribution in [3.63, 3.8) is 0 Å². The van der Waals surface area contributed by atoms with E-state index in [0.717, 1.165) is 17.1 Å². The number of nitro benzene ring substituents is 1. The van der Waals surface area contributed by atoms with Gasteiger partial charge in [-0.3, -0.25) is 10.1 Å². The van der Waals surface area contributed by atoms with Gasteiger partial charge in [0.25, 0.3) is 5.69 Å². The fourth-order valence-corrected chi connectivity index (χ4v) is 2.75. The Morgan fingerprint density at radius 3 is 2.85 bits per heavy atom. The highest BCUT2D eigenvalue weighted by atomic mass is 32.1. The Bertz CT molecular complexity index is 625. The molecule has 5 nitrogen and oxygen atoms in total. The molecule has 106 valence electrons. The predicted octanol–water partition coefficient (Wildman–Crippen LogP) is 4.10. The molecule has 0 radical (unpaired) electrons. The van der Waals surface area contributed by atoms with Crippen molar-refractivity contribution in [3.05, 3.63) is 50.0 Å². The van der Waals surface area contributed by atoms with Crippen molar-refractivity contribution in [2.45, 2.75) is 33.2 Å². The monoisotopic (exact) mass is 291 g/mol. The number of rotatable bonds is 5. The smallest absolute Gasteiger partial charge is 0.274 e. The molecule has 1 N–H and O–H groups in total. The zero-order chi connectivity index (χ0) is 14.7. The van der Waals surface area contributed by atoms with Crippen LogP contribution in [0.2, 0.25) is 0 Å². The average molecular weight is 291 g/mol. The van der Waals surface area contributed by atoms with Crippen LogP contribution in [0.5, 0.6) is 0 Å². The molecule has 1 aromatic carbocycles. The number of thiazole rings is 1. The van der Waals surface area contributed by atoms with Crippen molar-refractivity contribution in [2.24, 2.45) is 0 Å². The van der Waals surface area contributed by atoms with Crippen LogP contribution < -0.4 is 5.32 Å². The SMILES string of the molecule is CCc1cnc(C(C)Nc2ccc(C)c([N+](=O)[O-])c2)s1. The fraction of sp³-hybridized carbons (Fsp3) is 0.357. The van der Waals surface area contributed by atoms with E-state index >= 15 is 0 Å². The van der Waals surface area contributed by atoms with Gasteiger partial charge in [-0.25, -0.2) is 4.98 Å². The summed E-state index contributed by atoms with van der Waals surface area (Å²) < 4.78 is 0. The second-order valence-corrected chi connectivity index (χ2v) is 5.79. The highest BCUT2D eigenvalue weighted by Gasteiger charge is 2.14. The largest absolute Gasteiger partial charge is 0.376 e. The van der Waals surface area contributed by atoms with Gasteiger partial charge in [0, 0.05) is 28.4 Å². The molecule has 0 aliphatic rings. The van der Waals surface area contributed by atoms with E-state index in [1.54, 1.807) is 30.4 Å². The summed E-state index contributed by atoms with van der Waals surface area (Å²) in [7, 11) is 0. The highest BCUT2D eigenvalue weighted by molar-refractivity contribution is 7.11. The highest BCUT2D eigenvalue weighted by Crippen LogP contribution is 2.27. The van der Waals surface area contributed by atoms with E-state index in [-0.39, 0.29) is 16.7 Å². The molecule has 1 unspecified atom stereocenters. The van der Waals surface area contributed by atoms with Crippen molar-refractivity contribution in [1.29, 1.82) is 0 Å². The molecule has 0 spiro atoms. The van der Waals surface area contributed by atoms with Crippen LogP contribution in [-0.2, 0) is 6.42 Å². The Labute approximate surface area is 121 Å². The first-order chi connectivity index (χ1) is 9.51. The minimum Gasteiger partial charge on any atom is -0.376 e. The number of anilines is 1. The molecule has 2 rings (SSSR count). The Morgan fingerprint density at radius 2 is 2.25 bits per heavy atom. The minimum absolute atomic E-state index is 0.0302. The normalized spacial score (nSPS) is 12.2. The number of nitro groups is 1. The van der Waals surface area contributed by atoms with Gasteiger partial charge in [-0.15, -0.1) is 11.3 Å². The maximum Gasteiger partial charge on any atom is 0.274 e. The van der Waals surface area contributed by atoms with Crippen molar-refractivity contribution >= 4 is 22.7 Å². The molecule has 1 heterocycles. The molecule has 0 saturated carbocycles. The van der Waals surface area contributed by atoms with Gasteiger partial charge in [-0.1, -0.05) is 13.0 Å². The van der Waals surface area contributed by atoms with Gasteiger partial charge in [0.2, 0.25) is 0 Å². The Hall–Kier alpha value is -1.95. The third kappa shape index (κ3) is 3.14. The van der Waals surface area contributed by atoms with Crippen LogP contribution in [-0.4, -0.2) is 9.91 Å². The van der Waals surface area contributed by atoms with Crippen molar-refractivity contribution in [3.8, 4) is 0 Å². The summed E-state index contributed by atoms with van der Waals surface area (Å²) in [6.07, 6.45) is 2.86. The Kier molecular flexibility index (Phi) is 4.34. The molecule has 0 aliphatic carbocycles. The fourth-order valence-electron chi connectivity index (χ4n) is 1.89. The predicted molar refractivity (Wildman–Crippen MR) is 81.4 cm³/mol. The van der Waals surface area contributed by atoms with E-state index in [1.165, 1.54) is 4.88 Å². The molecule has 20 heavy (non-hydrogen) atoms. The molecule has 6 heteroatoms. The van der Waals surface area contributed by atoms with E-state index in [1.807, 2.05) is 19.2 Å². The number of benzene rings is 1. The second-order valence-electron chi connectivity index (χ2n) is 4.64. The van der Waals surface area contributed by atoms with Gasteiger partial charge >= 0.3 is 0 Å². The lowest BCUT2D eigenvalue weighted by molar-refractivity contribution is -0.385. The quantitative estimate of drug-likeness (QED) is 0.665. The summed E-state index contributed by atoms with van der Waals surface area (Å²) in [6, 6.07) is 5.21. The summed E-state index contributed by atoms with van der Waals surface area (Å²) in [5.41, 5.74) is 1.54. The zero-order valence-electron chi connectivity index (χ0n) is 11.7. The number of aromatic nitrogens is 1. The van der Waals surface area contributed by atoms with E-state index in [9.17, 15) is 10.1 Å². The van der Waals surface area contributed by atoms with Gasteiger partial charge < -0.3 is 5.32 Å². The van der Waals surface area contributed by atoms with Crippen LogP contribution in [0.4, 0.5) is 11.4 Å². The van der Waals surface area contributed by atoms with Crippen molar-refractivity contribution < 1.29 is 4.92 Å². The molecule has 0 fully saturated rings.